The summed E-state index contributed by atoms with van der Waals surface area (Å²) in [6.07, 6.45) is 0.625. The van der Waals surface area contributed by atoms with Crippen molar-refractivity contribution in [3.63, 3.8) is 0 Å². The number of hydrogen-bond acceptors (Lipinski definition) is 3. The van der Waals surface area contributed by atoms with E-state index >= 15 is 0 Å². The van der Waals surface area contributed by atoms with Gasteiger partial charge in [-0.05, 0) is 30.7 Å². The van der Waals surface area contributed by atoms with E-state index in [1.54, 1.807) is 18.0 Å². The molecule has 0 fully saturated rings. The standard InChI is InChI=1S/C14H19ClN2O3/c1-17(10-11-4-2-5-12(15)8-11)13(18)9-16-7-3-6-14(19)20/h2,4-5,8,16H,3,6-7,9-10H2,1H3,(H,19,20). The number of carbonyl (C=O) groups excluding carboxylic acids is 1. The van der Waals surface area contributed by atoms with Gasteiger partial charge in [0.25, 0.3) is 0 Å². The molecule has 0 atom stereocenters. The predicted octanol–water partition coefficient (Wildman–Crippen LogP) is 1.75. The summed E-state index contributed by atoms with van der Waals surface area (Å²) in [4.78, 5) is 23.8. The molecule has 20 heavy (non-hydrogen) atoms. The van der Waals surface area contributed by atoms with Crippen molar-refractivity contribution in [3.8, 4) is 0 Å². The molecule has 2 N–H and O–H groups in total. The summed E-state index contributed by atoms with van der Waals surface area (Å²) >= 11 is 5.89. The van der Waals surface area contributed by atoms with Crippen LogP contribution in [-0.4, -0.2) is 42.0 Å². The van der Waals surface area contributed by atoms with Gasteiger partial charge in [-0.1, -0.05) is 23.7 Å². The molecule has 0 heterocycles. The van der Waals surface area contributed by atoms with Crippen molar-refractivity contribution in [1.82, 2.24) is 10.2 Å². The van der Waals surface area contributed by atoms with Crippen LogP contribution in [-0.2, 0) is 16.1 Å². The monoisotopic (exact) mass is 298 g/mol. The second kappa shape index (κ2) is 8.55. The number of aliphatic carboxylic acids is 1. The van der Waals surface area contributed by atoms with Crippen molar-refractivity contribution in [1.29, 1.82) is 0 Å². The molecule has 1 aromatic rings. The fourth-order valence-corrected chi connectivity index (χ4v) is 1.91. The Kier molecular flexibility index (Phi) is 7.04. The van der Waals surface area contributed by atoms with Crippen molar-refractivity contribution >= 4 is 23.5 Å². The second-order valence-corrected chi connectivity index (χ2v) is 4.99. The maximum Gasteiger partial charge on any atom is 0.303 e. The lowest BCUT2D eigenvalue weighted by Gasteiger charge is -2.17. The summed E-state index contributed by atoms with van der Waals surface area (Å²) in [5.41, 5.74) is 0.972. The second-order valence-electron chi connectivity index (χ2n) is 4.55. The lowest BCUT2D eigenvalue weighted by atomic mass is 10.2. The highest BCUT2D eigenvalue weighted by Crippen LogP contribution is 2.12. The van der Waals surface area contributed by atoms with Gasteiger partial charge in [-0.2, -0.15) is 0 Å². The summed E-state index contributed by atoms with van der Waals surface area (Å²) in [5.74, 6) is -0.864. The number of carbonyl (C=O) groups is 2. The number of carboxylic acid groups (broad SMARTS) is 1. The van der Waals surface area contributed by atoms with E-state index in [4.69, 9.17) is 16.7 Å². The van der Waals surface area contributed by atoms with Gasteiger partial charge in [0.15, 0.2) is 0 Å². The number of carboxylic acids is 1. The molecular weight excluding hydrogens is 280 g/mol. The van der Waals surface area contributed by atoms with Gasteiger partial charge in [-0.15, -0.1) is 0 Å². The molecule has 0 unspecified atom stereocenters. The first kappa shape index (κ1) is 16.5. The van der Waals surface area contributed by atoms with Crippen molar-refractivity contribution in [2.24, 2.45) is 0 Å². The lowest BCUT2D eigenvalue weighted by molar-refractivity contribution is -0.137. The first-order valence-electron chi connectivity index (χ1n) is 6.40. The summed E-state index contributed by atoms with van der Waals surface area (Å²) in [7, 11) is 1.72. The number of nitrogens with one attached hydrogen (secondary N) is 1. The highest BCUT2D eigenvalue weighted by molar-refractivity contribution is 6.30. The van der Waals surface area contributed by atoms with Crippen molar-refractivity contribution < 1.29 is 14.7 Å². The molecule has 0 bridgehead atoms. The number of nitrogens with zero attached hydrogens (tertiary/aromatic N) is 1. The average molecular weight is 299 g/mol. The van der Waals surface area contributed by atoms with Crippen LogP contribution < -0.4 is 5.32 Å². The Morgan fingerprint density at radius 1 is 1.40 bits per heavy atom. The van der Waals surface area contributed by atoms with Crippen molar-refractivity contribution in [2.75, 3.05) is 20.1 Å². The normalized spacial score (nSPS) is 10.3. The molecule has 0 saturated heterocycles. The Bertz CT molecular complexity index is 465. The van der Waals surface area contributed by atoms with E-state index in [1.165, 1.54) is 0 Å². The van der Waals surface area contributed by atoms with Gasteiger partial charge in [-0.3, -0.25) is 9.59 Å². The van der Waals surface area contributed by atoms with Gasteiger partial charge in [-0.25, -0.2) is 0 Å². The Labute approximate surface area is 123 Å². The number of rotatable bonds is 8. The van der Waals surface area contributed by atoms with E-state index in [1.807, 2.05) is 18.2 Å². The zero-order chi connectivity index (χ0) is 15.0. The fourth-order valence-electron chi connectivity index (χ4n) is 1.69. The third-order valence-corrected chi connectivity index (χ3v) is 2.99. The number of amides is 1. The van der Waals surface area contributed by atoms with Crippen LogP contribution in [0, 0.1) is 0 Å². The quantitative estimate of drug-likeness (QED) is 0.718. The highest BCUT2D eigenvalue weighted by Gasteiger charge is 2.09. The minimum Gasteiger partial charge on any atom is -0.481 e. The Morgan fingerprint density at radius 3 is 2.80 bits per heavy atom. The molecule has 1 rings (SSSR count). The van der Waals surface area contributed by atoms with Gasteiger partial charge in [0, 0.05) is 25.0 Å². The molecule has 0 aliphatic heterocycles. The summed E-state index contributed by atoms with van der Waals surface area (Å²) in [6, 6.07) is 7.37. The molecule has 6 heteroatoms. The number of likely N-dealkylation sites (N-methyl/N-ethyl adjacent to an activating group) is 1. The maximum absolute atomic E-state index is 11.8. The third-order valence-electron chi connectivity index (χ3n) is 2.75. The zero-order valence-corrected chi connectivity index (χ0v) is 12.2. The molecule has 1 aromatic carbocycles. The van der Waals surface area contributed by atoms with Gasteiger partial charge < -0.3 is 15.3 Å². The van der Waals surface area contributed by atoms with E-state index in [2.05, 4.69) is 5.32 Å². The zero-order valence-electron chi connectivity index (χ0n) is 11.4. The number of halogens is 1. The SMILES string of the molecule is CN(Cc1cccc(Cl)c1)C(=O)CNCCCC(=O)O. The largest absolute Gasteiger partial charge is 0.481 e. The molecule has 0 radical (unpaired) electrons. The van der Waals surface area contributed by atoms with Crippen LogP contribution in [0.25, 0.3) is 0 Å². The van der Waals surface area contributed by atoms with Crippen LogP contribution in [0.15, 0.2) is 24.3 Å². The van der Waals surface area contributed by atoms with Gasteiger partial charge in [0.05, 0.1) is 6.54 Å². The van der Waals surface area contributed by atoms with Crippen LogP contribution in [0.3, 0.4) is 0 Å². The predicted molar refractivity (Wildman–Crippen MR) is 77.7 cm³/mol. The van der Waals surface area contributed by atoms with E-state index in [0.717, 1.165) is 5.56 Å². The molecule has 0 saturated carbocycles. The molecule has 5 nitrogen and oxygen atoms in total. The number of hydrogen-bond donors (Lipinski definition) is 2. The van der Waals surface area contributed by atoms with E-state index in [9.17, 15) is 9.59 Å². The Morgan fingerprint density at radius 2 is 2.15 bits per heavy atom. The maximum atomic E-state index is 11.8. The molecule has 0 spiro atoms. The van der Waals surface area contributed by atoms with Crippen LogP contribution in [0.1, 0.15) is 18.4 Å². The first-order chi connectivity index (χ1) is 9.49. The van der Waals surface area contributed by atoms with Gasteiger partial charge in [0.2, 0.25) is 5.91 Å². The Hall–Kier alpha value is -1.59. The summed E-state index contributed by atoms with van der Waals surface area (Å²) in [5, 5.41) is 12.1. The summed E-state index contributed by atoms with van der Waals surface area (Å²) in [6.45, 7) is 1.22. The molecule has 0 aromatic heterocycles. The molecule has 110 valence electrons. The highest BCUT2D eigenvalue weighted by atomic mass is 35.5. The lowest BCUT2D eigenvalue weighted by Crippen LogP contribution is -2.35. The van der Waals surface area contributed by atoms with E-state index in [0.29, 0.717) is 24.5 Å². The van der Waals surface area contributed by atoms with Crippen LogP contribution in [0.5, 0.6) is 0 Å². The van der Waals surface area contributed by atoms with Crippen molar-refractivity contribution in [3.05, 3.63) is 34.9 Å². The van der Waals surface area contributed by atoms with Crippen LogP contribution in [0.4, 0.5) is 0 Å². The minimum absolute atomic E-state index is 0.0414. The molecule has 1 amide bonds. The number of benzene rings is 1. The van der Waals surface area contributed by atoms with Crippen molar-refractivity contribution in [2.45, 2.75) is 19.4 Å². The smallest absolute Gasteiger partial charge is 0.303 e. The Balaban J connectivity index is 2.27. The third kappa shape index (κ3) is 6.54. The minimum atomic E-state index is -0.823. The molecular formula is C14H19ClN2O3. The molecule has 0 aliphatic carbocycles. The first-order valence-corrected chi connectivity index (χ1v) is 6.77. The van der Waals surface area contributed by atoms with E-state index in [-0.39, 0.29) is 18.9 Å². The average Bonchev–Trinajstić information content (AvgIpc) is 2.37. The van der Waals surface area contributed by atoms with E-state index < -0.39 is 5.97 Å². The molecule has 0 aliphatic rings. The topological polar surface area (TPSA) is 69.6 Å². The van der Waals surface area contributed by atoms with Crippen LogP contribution in [0.2, 0.25) is 5.02 Å². The van der Waals surface area contributed by atoms with Crippen LogP contribution >= 0.6 is 11.6 Å². The fraction of sp³-hybridized carbons (Fsp3) is 0.429. The summed E-state index contributed by atoms with van der Waals surface area (Å²) < 4.78 is 0. The van der Waals surface area contributed by atoms with Gasteiger partial charge in [0.1, 0.15) is 0 Å². The van der Waals surface area contributed by atoms with Gasteiger partial charge >= 0.3 is 5.97 Å².